The molecule has 1 aliphatic carbocycles. The molecule has 14 heavy (non-hydrogen) atoms. The standard InChI is InChI=1S/C12H17NO/c1-12(8-13)7-3-4-9-10(12)5-2-6-11(9)14/h2,5-6,14H,3-4,7-8,13H2,1H3. The van der Waals surface area contributed by atoms with Crippen LogP contribution in [0.15, 0.2) is 18.2 Å². The number of hydrogen-bond acceptors (Lipinski definition) is 2. The number of benzene rings is 1. The Morgan fingerprint density at radius 1 is 1.50 bits per heavy atom. The summed E-state index contributed by atoms with van der Waals surface area (Å²) >= 11 is 0. The molecule has 1 aromatic rings. The van der Waals surface area contributed by atoms with E-state index in [1.807, 2.05) is 6.07 Å². The van der Waals surface area contributed by atoms with E-state index in [2.05, 4.69) is 13.0 Å². The molecule has 0 amide bonds. The summed E-state index contributed by atoms with van der Waals surface area (Å²) in [6.45, 7) is 2.84. The highest BCUT2D eigenvalue weighted by atomic mass is 16.3. The number of rotatable bonds is 1. The van der Waals surface area contributed by atoms with Crippen molar-refractivity contribution in [3.63, 3.8) is 0 Å². The molecule has 1 unspecified atom stereocenters. The fraction of sp³-hybridized carbons (Fsp3) is 0.500. The molecule has 3 N–H and O–H groups in total. The maximum atomic E-state index is 9.74. The Balaban J connectivity index is 2.55. The van der Waals surface area contributed by atoms with E-state index in [4.69, 9.17) is 5.73 Å². The summed E-state index contributed by atoms with van der Waals surface area (Å²) in [5, 5.41) is 9.74. The van der Waals surface area contributed by atoms with Crippen LogP contribution in [0, 0.1) is 0 Å². The van der Waals surface area contributed by atoms with Gasteiger partial charge in [-0.1, -0.05) is 19.1 Å². The quantitative estimate of drug-likeness (QED) is 0.712. The zero-order chi connectivity index (χ0) is 10.2. The first-order valence-corrected chi connectivity index (χ1v) is 5.19. The summed E-state index contributed by atoms with van der Waals surface area (Å²) < 4.78 is 0. The molecule has 2 nitrogen and oxygen atoms in total. The molecule has 0 spiro atoms. The number of fused-ring (bicyclic) bond motifs is 1. The third kappa shape index (κ3) is 1.30. The van der Waals surface area contributed by atoms with Crippen LogP contribution >= 0.6 is 0 Å². The third-order valence-corrected chi connectivity index (χ3v) is 3.41. The van der Waals surface area contributed by atoms with Crippen molar-refractivity contribution < 1.29 is 5.11 Å². The Hall–Kier alpha value is -1.02. The second-order valence-electron chi connectivity index (χ2n) is 4.42. The molecule has 0 aliphatic heterocycles. The average molecular weight is 191 g/mol. The van der Waals surface area contributed by atoms with E-state index < -0.39 is 0 Å². The number of nitrogens with two attached hydrogens (primary N) is 1. The van der Waals surface area contributed by atoms with E-state index in [1.54, 1.807) is 6.07 Å². The number of aromatic hydroxyl groups is 1. The second-order valence-corrected chi connectivity index (χ2v) is 4.42. The number of phenols is 1. The first kappa shape index (κ1) is 9.53. The molecule has 2 rings (SSSR count). The second kappa shape index (κ2) is 3.28. The van der Waals surface area contributed by atoms with Gasteiger partial charge < -0.3 is 10.8 Å². The van der Waals surface area contributed by atoms with Crippen LogP contribution in [0.1, 0.15) is 30.9 Å². The van der Waals surface area contributed by atoms with Crippen LogP contribution in [0.3, 0.4) is 0 Å². The first-order valence-electron chi connectivity index (χ1n) is 5.19. The van der Waals surface area contributed by atoms with Gasteiger partial charge in [-0.2, -0.15) is 0 Å². The zero-order valence-electron chi connectivity index (χ0n) is 8.59. The summed E-state index contributed by atoms with van der Waals surface area (Å²) in [5.41, 5.74) is 8.23. The van der Waals surface area contributed by atoms with E-state index in [9.17, 15) is 5.11 Å². The fourth-order valence-electron chi connectivity index (χ4n) is 2.40. The van der Waals surface area contributed by atoms with Crippen molar-refractivity contribution in [1.82, 2.24) is 0 Å². The maximum Gasteiger partial charge on any atom is 0.119 e. The van der Waals surface area contributed by atoms with Crippen LogP contribution in [0.5, 0.6) is 5.75 Å². The molecule has 0 fully saturated rings. The van der Waals surface area contributed by atoms with Gasteiger partial charge >= 0.3 is 0 Å². The third-order valence-electron chi connectivity index (χ3n) is 3.41. The van der Waals surface area contributed by atoms with Crippen molar-refractivity contribution in [2.75, 3.05) is 6.54 Å². The zero-order valence-corrected chi connectivity index (χ0v) is 8.59. The molecule has 0 heterocycles. The molecular weight excluding hydrogens is 174 g/mol. The fourth-order valence-corrected chi connectivity index (χ4v) is 2.40. The minimum absolute atomic E-state index is 0.0618. The number of hydrogen-bond donors (Lipinski definition) is 2. The molecular formula is C12H17NO. The summed E-state index contributed by atoms with van der Waals surface area (Å²) in [5.74, 6) is 0.432. The highest BCUT2D eigenvalue weighted by Crippen LogP contribution is 2.39. The van der Waals surface area contributed by atoms with Gasteiger partial charge in [-0.15, -0.1) is 0 Å². The van der Waals surface area contributed by atoms with Crippen molar-refractivity contribution in [3.05, 3.63) is 29.3 Å². The van der Waals surface area contributed by atoms with E-state index in [0.717, 1.165) is 24.8 Å². The Morgan fingerprint density at radius 2 is 2.29 bits per heavy atom. The largest absolute Gasteiger partial charge is 0.508 e. The van der Waals surface area contributed by atoms with Gasteiger partial charge in [0.15, 0.2) is 0 Å². The average Bonchev–Trinajstić information content (AvgIpc) is 2.20. The molecule has 0 radical (unpaired) electrons. The van der Waals surface area contributed by atoms with Crippen molar-refractivity contribution in [1.29, 1.82) is 0 Å². The van der Waals surface area contributed by atoms with Gasteiger partial charge in [0.05, 0.1) is 0 Å². The van der Waals surface area contributed by atoms with Gasteiger partial charge in [0.2, 0.25) is 0 Å². The molecule has 0 saturated carbocycles. The van der Waals surface area contributed by atoms with Crippen molar-refractivity contribution in [2.45, 2.75) is 31.6 Å². The van der Waals surface area contributed by atoms with Gasteiger partial charge in [-0.05, 0) is 36.5 Å². The lowest BCUT2D eigenvalue weighted by molar-refractivity contribution is 0.389. The van der Waals surface area contributed by atoms with Gasteiger partial charge in [0.25, 0.3) is 0 Å². The smallest absolute Gasteiger partial charge is 0.119 e. The Morgan fingerprint density at radius 3 is 3.00 bits per heavy atom. The van der Waals surface area contributed by atoms with Crippen molar-refractivity contribution in [3.8, 4) is 5.75 Å². The van der Waals surface area contributed by atoms with Crippen molar-refractivity contribution in [2.24, 2.45) is 5.73 Å². The molecule has 1 atom stereocenters. The van der Waals surface area contributed by atoms with Crippen LogP contribution in [0.4, 0.5) is 0 Å². The van der Waals surface area contributed by atoms with Gasteiger partial charge in [-0.25, -0.2) is 0 Å². The lowest BCUT2D eigenvalue weighted by Gasteiger charge is -2.35. The topological polar surface area (TPSA) is 46.2 Å². The molecule has 0 saturated heterocycles. The summed E-state index contributed by atoms with van der Waals surface area (Å²) in [6.07, 6.45) is 3.23. The highest BCUT2D eigenvalue weighted by Gasteiger charge is 2.31. The molecule has 0 aromatic heterocycles. The predicted octanol–water partition coefficient (Wildman–Crippen LogP) is 1.94. The minimum Gasteiger partial charge on any atom is -0.508 e. The van der Waals surface area contributed by atoms with Crippen LogP contribution in [0.25, 0.3) is 0 Å². The Kier molecular flexibility index (Phi) is 2.23. The first-order chi connectivity index (χ1) is 6.67. The summed E-state index contributed by atoms with van der Waals surface area (Å²) in [6, 6.07) is 5.77. The minimum atomic E-state index is 0.0618. The molecule has 2 heteroatoms. The van der Waals surface area contributed by atoms with E-state index in [0.29, 0.717) is 12.3 Å². The number of phenolic OH excluding ortho intramolecular Hbond substituents is 1. The van der Waals surface area contributed by atoms with Crippen molar-refractivity contribution >= 4 is 0 Å². The lowest BCUT2D eigenvalue weighted by atomic mass is 9.71. The summed E-state index contributed by atoms with van der Waals surface area (Å²) in [4.78, 5) is 0. The predicted molar refractivity (Wildman–Crippen MR) is 57.5 cm³/mol. The van der Waals surface area contributed by atoms with Crippen LogP contribution < -0.4 is 5.73 Å². The Bertz CT molecular complexity index is 348. The normalized spacial score (nSPS) is 25.9. The van der Waals surface area contributed by atoms with E-state index in [1.165, 1.54) is 5.56 Å². The lowest BCUT2D eigenvalue weighted by Crippen LogP contribution is -2.35. The Labute approximate surface area is 84.7 Å². The SMILES string of the molecule is CC1(CN)CCCc2c(O)cccc21. The van der Waals surface area contributed by atoms with E-state index >= 15 is 0 Å². The van der Waals surface area contributed by atoms with Gasteiger partial charge in [0.1, 0.15) is 5.75 Å². The van der Waals surface area contributed by atoms with Gasteiger partial charge in [-0.3, -0.25) is 0 Å². The molecule has 0 bridgehead atoms. The summed E-state index contributed by atoms with van der Waals surface area (Å²) in [7, 11) is 0. The molecule has 1 aromatic carbocycles. The monoisotopic (exact) mass is 191 g/mol. The molecule has 1 aliphatic rings. The molecule has 76 valence electrons. The van der Waals surface area contributed by atoms with Crippen LogP contribution in [-0.2, 0) is 11.8 Å². The van der Waals surface area contributed by atoms with Gasteiger partial charge in [0, 0.05) is 12.0 Å². The van der Waals surface area contributed by atoms with E-state index in [-0.39, 0.29) is 5.41 Å². The van der Waals surface area contributed by atoms with Crippen LogP contribution in [-0.4, -0.2) is 11.7 Å². The van der Waals surface area contributed by atoms with Crippen LogP contribution in [0.2, 0.25) is 0 Å². The highest BCUT2D eigenvalue weighted by molar-refractivity contribution is 5.45. The maximum absolute atomic E-state index is 9.74.